The van der Waals surface area contributed by atoms with Crippen LogP contribution < -0.4 is 5.73 Å². The number of hydrogen-bond acceptors (Lipinski definition) is 4. The van der Waals surface area contributed by atoms with Gasteiger partial charge < -0.3 is 10.8 Å². The molecule has 1 atom stereocenters. The fourth-order valence-corrected chi connectivity index (χ4v) is 1.68. The summed E-state index contributed by atoms with van der Waals surface area (Å²) in [4.78, 5) is 10.6. The van der Waals surface area contributed by atoms with Gasteiger partial charge in [-0.05, 0) is 12.1 Å². The number of carboxylic acids is 1. The minimum Gasteiger partial charge on any atom is -0.480 e. The Kier molecular flexibility index (Phi) is 3.59. The molecule has 0 saturated carbocycles. The highest BCUT2D eigenvalue weighted by atomic mass is 35.5. The van der Waals surface area contributed by atoms with Crippen LogP contribution in [0.5, 0.6) is 0 Å². The lowest BCUT2D eigenvalue weighted by atomic mass is 10.2. The minimum absolute atomic E-state index is 0.125. The fourth-order valence-electron chi connectivity index (χ4n) is 1.46. The number of halogens is 1. The molecule has 1 heterocycles. The first-order chi connectivity index (χ1) is 8.58. The maximum absolute atomic E-state index is 10.6. The molecule has 7 heteroatoms. The average molecular weight is 267 g/mol. The summed E-state index contributed by atoms with van der Waals surface area (Å²) in [7, 11) is 0. The number of aromatic nitrogens is 3. The maximum atomic E-state index is 10.6. The zero-order valence-corrected chi connectivity index (χ0v) is 10.1. The molecule has 2 aromatic rings. The van der Waals surface area contributed by atoms with E-state index in [2.05, 4.69) is 10.3 Å². The molecule has 1 unspecified atom stereocenters. The van der Waals surface area contributed by atoms with Crippen LogP contribution >= 0.6 is 11.6 Å². The van der Waals surface area contributed by atoms with Gasteiger partial charge in [0.1, 0.15) is 6.04 Å². The second-order valence-electron chi connectivity index (χ2n) is 3.75. The predicted molar refractivity (Wildman–Crippen MR) is 65.7 cm³/mol. The largest absolute Gasteiger partial charge is 0.480 e. The van der Waals surface area contributed by atoms with E-state index in [4.69, 9.17) is 22.4 Å². The Morgan fingerprint density at radius 3 is 2.89 bits per heavy atom. The number of hydrogen-bond donors (Lipinski definition) is 2. The van der Waals surface area contributed by atoms with E-state index in [-0.39, 0.29) is 6.42 Å². The quantitative estimate of drug-likeness (QED) is 0.856. The van der Waals surface area contributed by atoms with Crippen LogP contribution in [0.3, 0.4) is 0 Å². The molecule has 0 radical (unpaired) electrons. The lowest BCUT2D eigenvalue weighted by Crippen LogP contribution is -2.32. The molecule has 0 bridgehead atoms. The van der Waals surface area contributed by atoms with Crippen molar-refractivity contribution < 1.29 is 9.90 Å². The summed E-state index contributed by atoms with van der Waals surface area (Å²) < 4.78 is 1.49. The number of nitrogens with two attached hydrogens (primary N) is 1. The molecule has 18 heavy (non-hydrogen) atoms. The first-order valence-corrected chi connectivity index (χ1v) is 5.60. The van der Waals surface area contributed by atoms with E-state index in [0.717, 1.165) is 0 Å². The monoisotopic (exact) mass is 266 g/mol. The van der Waals surface area contributed by atoms with Crippen LogP contribution in [0.1, 0.15) is 5.69 Å². The van der Waals surface area contributed by atoms with Gasteiger partial charge in [-0.25, -0.2) is 4.68 Å². The van der Waals surface area contributed by atoms with Crippen molar-refractivity contribution in [2.45, 2.75) is 12.5 Å². The van der Waals surface area contributed by atoms with Crippen LogP contribution in [0.25, 0.3) is 5.69 Å². The lowest BCUT2D eigenvalue weighted by Gasteiger charge is -2.02. The van der Waals surface area contributed by atoms with Gasteiger partial charge in [0.15, 0.2) is 0 Å². The predicted octanol–water partition coefficient (Wildman–Crippen LogP) is 0.875. The van der Waals surface area contributed by atoms with Crippen LogP contribution in [-0.4, -0.2) is 32.1 Å². The van der Waals surface area contributed by atoms with Gasteiger partial charge in [-0.1, -0.05) is 28.9 Å². The molecule has 0 aliphatic rings. The van der Waals surface area contributed by atoms with Crippen molar-refractivity contribution in [3.05, 3.63) is 41.2 Å². The zero-order chi connectivity index (χ0) is 13.1. The third-order valence-electron chi connectivity index (χ3n) is 2.39. The Labute approximate surface area is 108 Å². The van der Waals surface area contributed by atoms with Crippen molar-refractivity contribution in [3.63, 3.8) is 0 Å². The Bertz CT molecular complexity index is 570. The summed E-state index contributed by atoms with van der Waals surface area (Å²) in [5.41, 5.74) is 6.61. The Morgan fingerprint density at radius 2 is 2.22 bits per heavy atom. The second kappa shape index (κ2) is 5.16. The molecule has 0 saturated heterocycles. The molecular formula is C11H11ClN4O2. The van der Waals surface area contributed by atoms with E-state index in [1.165, 1.54) is 4.68 Å². The summed E-state index contributed by atoms with van der Waals surface area (Å²) in [6, 6.07) is 6.18. The molecule has 0 aliphatic heterocycles. The number of carboxylic acid groups (broad SMARTS) is 1. The average Bonchev–Trinajstić information content (AvgIpc) is 2.77. The molecule has 1 aromatic carbocycles. The normalized spacial score (nSPS) is 12.3. The van der Waals surface area contributed by atoms with Crippen LogP contribution in [-0.2, 0) is 11.2 Å². The molecule has 94 valence electrons. The fraction of sp³-hybridized carbons (Fsp3) is 0.182. The number of rotatable bonds is 4. The summed E-state index contributed by atoms with van der Waals surface area (Å²) in [6.07, 6.45) is 1.74. The second-order valence-corrected chi connectivity index (χ2v) is 4.16. The number of carbonyl (C=O) groups is 1. The summed E-state index contributed by atoms with van der Waals surface area (Å²) in [5, 5.41) is 17.0. The summed E-state index contributed by atoms with van der Waals surface area (Å²) in [5.74, 6) is -1.07. The molecule has 1 aromatic heterocycles. The lowest BCUT2D eigenvalue weighted by molar-refractivity contribution is -0.138. The highest BCUT2D eigenvalue weighted by Crippen LogP contribution is 2.18. The molecule has 0 spiro atoms. The van der Waals surface area contributed by atoms with Crippen LogP contribution in [0.15, 0.2) is 30.5 Å². The Morgan fingerprint density at radius 1 is 1.50 bits per heavy atom. The third-order valence-corrected chi connectivity index (χ3v) is 2.71. The van der Waals surface area contributed by atoms with E-state index in [1.807, 2.05) is 12.1 Å². The third kappa shape index (κ3) is 2.66. The van der Waals surface area contributed by atoms with Gasteiger partial charge in [-0.15, -0.1) is 5.10 Å². The van der Waals surface area contributed by atoms with E-state index in [0.29, 0.717) is 16.4 Å². The zero-order valence-electron chi connectivity index (χ0n) is 9.32. The van der Waals surface area contributed by atoms with Crippen molar-refractivity contribution in [1.29, 1.82) is 0 Å². The number of para-hydroxylation sites is 1. The molecular weight excluding hydrogens is 256 g/mol. The maximum Gasteiger partial charge on any atom is 0.320 e. The number of benzene rings is 1. The smallest absolute Gasteiger partial charge is 0.320 e. The van der Waals surface area contributed by atoms with Crippen molar-refractivity contribution in [2.75, 3.05) is 0 Å². The van der Waals surface area contributed by atoms with E-state index >= 15 is 0 Å². The topological polar surface area (TPSA) is 94.0 Å². The number of aliphatic carboxylic acids is 1. The van der Waals surface area contributed by atoms with Crippen molar-refractivity contribution in [1.82, 2.24) is 15.0 Å². The molecule has 3 N–H and O–H groups in total. The van der Waals surface area contributed by atoms with Crippen LogP contribution in [0.2, 0.25) is 5.02 Å². The van der Waals surface area contributed by atoms with Gasteiger partial charge in [0, 0.05) is 6.42 Å². The molecule has 0 aliphatic carbocycles. The van der Waals surface area contributed by atoms with Gasteiger partial charge in [0.05, 0.1) is 22.6 Å². The summed E-state index contributed by atoms with van der Waals surface area (Å²) >= 11 is 6.02. The molecule has 0 amide bonds. The number of nitrogens with zero attached hydrogens (tertiary/aromatic N) is 3. The van der Waals surface area contributed by atoms with Crippen molar-refractivity contribution >= 4 is 17.6 Å². The van der Waals surface area contributed by atoms with Crippen LogP contribution in [0.4, 0.5) is 0 Å². The van der Waals surface area contributed by atoms with Gasteiger partial charge >= 0.3 is 5.97 Å². The molecule has 2 rings (SSSR count). The first-order valence-electron chi connectivity index (χ1n) is 5.22. The highest BCUT2D eigenvalue weighted by molar-refractivity contribution is 6.32. The minimum atomic E-state index is -1.07. The summed E-state index contributed by atoms with van der Waals surface area (Å²) in [6.45, 7) is 0. The van der Waals surface area contributed by atoms with Crippen molar-refractivity contribution in [2.24, 2.45) is 5.73 Å². The first kappa shape index (κ1) is 12.5. The van der Waals surface area contributed by atoms with E-state index in [9.17, 15) is 4.79 Å². The van der Waals surface area contributed by atoms with Crippen LogP contribution in [0, 0.1) is 0 Å². The molecule has 0 fully saturated rings. The Balaban J connectivity index is 2.21. The molecule has 6 nitrogen and oxygen atoms in total. The SMILES string of the molecule is NC(Cc1cn(-c2ccccc2Cl)nn1)C(=O)O. The standard InChI is InChI=1S/C11H11ClN4O2/c12-8-3-1-2-4-10(8)16-6-7(14-15-16)5-9(13)11(17)18/h1-4,6,9H,5,13H2,(H,17,18). The highest BCUT2D eigenvalue weighted by Gasteiger charge is 2.15. The van der Waals surface area contributed by atoms with Gasteiger partial charge in [0.2, 0.25) is 0 Å². The Hall–Kier alpha value is -1.92. The van der Waals surface area contributed by atoms with Gasteiger partial charge in [-0.2, -0.15) is 0 Å². The van der Waals surface area contributed by atoms with E-state index < -0.39 is 12.0 Å². The van der Waals surface area contributed by atoms with Gasteiger partial charge in [-0.3, -0.25) is 4.79 Å². The van der Waals surface area contributed by atoms with Crippen molar-refractivity contribution in [3.8, 4) is 5.69 Å². The van der Waals surface area contributed by atoms with Gasteiger partial charge in [0.25, 0.3) is 0 Å². The van der Waals surface area contributed by atoms with E-state index in [1.54, 1.807) is 18.3 Å².